The van der Waals surface area contributed by atoms with E-state index in [1.165, 1.54) is 0 Å². The molecule has 0 fully saturated rings. The standard InChI is InChI=1S/C11H16N2O3/c1-4-8(3)13-6-9(7-14)10(12-13)11(15)16-5-2/h6-8H,4-5H2,1-3H3. The van der Waals surface area contributed by atoms with Gasteiger partial charge in [-0.25, -0.2) is 4.79 Å². The first-order chi connectivity index (χ1) is 7.63. The molecule has 1 rings (SSSR count). The number of ether oxygens (including phenoxy) is 1. The second-order valence-corrected chi connectivity index (χ2v) is 3.51. The van der Waals surface area contributed by atoms with Crippen molar-refractivity contribution in [3.8, 4) is 0 Å². The molecule has 16 heavy (non-hydrogen) atoms. The Bertz CT molecular complexity index is 385. The van der Waals surface area contributed by atoms with E-state index in [-0.39, 0.29) is 23.9 Å². The summed E-state index contributed by atoms with van der Waals surface area (Å²) < 4.78 is 6.44. The molecule has 5 heteroatoms. The summed E-state index contributed by atoms with van der Waals surface area (Å²) in [5, 5.41) is 4.08. The average molecular weight is 224 g/mol. The number of rotatable bonds is 5. The van der Waals surface area contributed by atoms with E-state index in [4.69, 9.17) is 4.74 Å². The molecule has 0 radical (unpaired) electrons. The van der Waals surface area contributed by atoms with Crippen molar-refractivity contribution in [1.82, 2.24) is 9.78 Å². The van der Waals surface area contributed by atoms with Crippen LogP contribution in [-0.4, -0.2) is 28.6 Å². The maximum absolute atomic E-state index is 11.5. The summed E-state index contributed by atoms with van der Waals surface area (Å²) in [6, 6.07) is 0.155. The Morgan fingerprint density at radius 1 is 1.62 bits per heavy atom. The highest BCUT2D eigenvalue weighted by Gasteiger charge is 2.18. The monoisotopic (exact) mass is 224 g/mol. The lowest BCUT2D eigenvalue weighted by Crippen LogP contribution is -2.10. The van der Waals surface area contributed by atoms with Gasteiger partial charge in [-0.2, -0.15) is 5.10 Å². The second-order valence-electron chi connectivity index (χ2n) is 3.51. The fourth-order valence-corrected chi connectivity index (χ4v) is 1.26. The topological polar surface area (TPSA) is 61.2 Å². The Morgan fingerprint density at radius 2 is 2.31 bits per heavy atom. The molecule has 1 heterocycles. The molecule has 0 aliphatic heterocycles. The predicted molar refractivity (Wildman–Crippen MR) is 58.6 cm³/mol. The van der Waals surface area contributed by atoms with Crippen molar-refractivity contribution in [1.29, 1.82) is 0 Å². The second kappa shape index (κ2) is 5.44. The largest absolute Gasteiger partial charge is 0.461 e. The third kappa shape index (κ3) is 2.48. The number of aromatic nitrogens is 2. The third-order valence-electron chi connectivity index (χ3n) is 2.40. The van der Waals surface area contributed by atoms with Crippen LogP contribution in [-0.2, 0) is 4.74 Å². The maximum Gasteiger partial charge on any atom is 0.359 e. The lowest BCUT2D eigenvalue weighted by Gasteiger charge is -2.07. The summed E-state index contributed by atoms with van der Waals surface area (Å²) in [7, 11) is 0. The van der Waals surface area contributed by atoms with E-state index < -0.39 is 5.97 Å². The number of carbonyl (C=O) groups excluding carboxylic acids is 2. The minimum atomic E-state index is -0.549. The van der Waals surface area contributed by atoms with E-state index in [1.54, 1.807) is 17.8 Å². The molecule has 1 unspecified atom stereocenters. The predicted octanol–water partition coefficient (Wildman–Crippen LogP) is 1.84. The fourth-order valence-electron chi connectivity index (χ4n) is 1.26. The average Bonchev–Trinajstić information content (AvgIpc) is 2.72. The van der Waals surface area contributed by atoms with Gasteiger partial charge in [0, 0.05) is 12.2 Å². The first-order valence-electron chi connectivity index (χ1n) is 5.35. The summed E-state index contributed by atoms with van der Waals surface area (Å²) in [5.74, 6) is -0.549. The number of nitrogens with zero attached hydrogens (tertiary/aromatic N) is 2. The number of hydrogen-bond donors (Lipinski definition) is 0. The summed E-state index contributed by atoms with van der Waals surface area (Å²) in [4.78, 5) is 22.3. The van der Waals surface area contributed by atoms with E-state index in [0.29, 0.717) is 6.29 Å². The lowest BCUT2D eigenvalue weighted by atomic mass is 10.2. The molecule has 0 saturated heterocycles. The van der Waals surface area contributed by atoms with Crippen LogP contribution in [0.3, 0.4) is 0 Å². The lowest BCUT2D eigenvalue weighted by molar-refractivity contribution is 0.0516. The number of esters is 1. The normalized spacial score (nSPS) is 12.2. The van der Waals surface area contributed by atoms with Crippen molar-refractivity contribution in [2.75, 3.05) is 6.61 Å². The van der Waals surface area contributed by atoms with Crippen LogP contribution in [0.5, 0.6) is 0 Å². The quantitative estimate of drug-likeness (QED) is 0.565. The van der Waals surface area contributed by atoms with Gasteiger partial charge in [0.05, 0.1) is 12.2 Å². The Morgan fingerprint density at radius 3 is 2.81 bits per heavy atom. The van der Waals surface area contributed by atoms with E-state index in [0.717, 1.165) is 6.42 Å². The molecule has 0 saturated carbocycles. The highest BCUT2D eigenvalue weighted by atomic mass is 16.5. The van der Waals surface area contributed by atoms with Gasteiger partial charge in [0.2, 0.25) is 0 Å². The number of hydrogen-bond acceptors (Lipinski definition) is 4. The molecule has 0 N–H and O–H groups in total. The van der Waals surface area contributed by atoms with Crippen LogP contribution < -0.4 is 0 Å². The molecular formula is C11H16N2O3. The molecule has 0 aliphatic rings. The minimum Gasteiger partial charge on any atom is -0.461 e. The van der Waals surface area contributed by atoms with E-state index in [2.05, 4.69) is 5.10 Å². The smallest absolute Gasteiger partial charge is 0.359 e. The van der Waals surface area contributed by atoms with Crippen molar-refractivity contribution in [2.24, 2.45) is 0 Å². The molecule has 1 aromatic heterocycles. The van der Waals surface area contributed by atoms with Crippen LogP contribution >= 0.6 is 0 Å². The highest BCUT2D eigenvalue weighted by molar-refractivity contribution is 5.96. The number of carbonyl (C=O) groups is 2. The molecule has 0 bridgehead atoms. The first-order valence-corrected chi connectivity index (χ1v) is 5.35. The van der Waals surface area contributed by atoms with E-state index in [9.17, 15) is 9.59 Å². The Balaban J connectivity index is 3.03. The van der Waals surface area contributed by atoms with Crippen molar-refractivity contribution >= 4 is 12.3 Å². The Hall–Kier alpha value is -1.65. The van der Waals surface area contributed by atoms with Gasteiger partial charge in [0.15, 0.2) is 12.0 Å². The van der Waals surface area contributed by atoms with Gasteiger partial charge >= 0.3 is 5.97 Å². The van der Waals surface area contributed by atoms with Crippen molar-refractivity contribution in [3.63, 3.8) is 0 Å². The molecule has 0 spiro atoms. The molecule has 1 aromatic rings. The molecule has 0 aromatic carbocycles. The Labute approximate surface area is 94.4 Å². The molecule has 0 aliphatic carbocycles. The van der Waals surface area contributed by atoms with Crippen molar-refractivity contribution in [3.05, 3.63) is 17.5 Å². The van der Waals surface area contributed by atoms with E-state index >= 15 is 0 Å². The van der Waals surface area contributed by atoms with Gasteiger partial charge < -0.3 is 4.74 Å². The molecule has 5 nitrogen and oxygen atoms in total. The molecule has 88 valence electrons. The summed E-state index contributed by atoms with van der Waals surface area (Å²) in [6.45, 7) is 5.96. The number of aldehydes is 1. The van der Waals surface area contributed by atoms with Gasteiger partial charge in [-0.15, -0.1) is 0 Å². The van der Waals surface area contributed by atoms with Crippen LogP contribution in [0.2, 0.25) is 0 Å². The van der Waals surface area contributed by atoms with Crippen LogP contribution in [0.1, 0.15) is 54.1 Å². The van der Waals surface area contributed by atoms with Crippen molar-refractivity contribution in [2.45, 2.75) is 33.2 Å². The van der Waals surface area contributed by atoms with Crippen LogP contribution in [0.15, 0.2) is 6.20 Å². The van der Waals surface area contributed by atoms with Crippen LogP contribution in [0, 0.1) is 0 Å². The molecule has 1 atom stereocenters. The fraction of sp³-hybridized carbons (Fsp3) is 0.545. The van der Waals surface area contributed by atoms with Gasteiger partial charge in [0.25, 0.3) is 0 Å². The zero-order valence-electron chi connectivity index (χ0n) is 9.77. The van der Waals surface area contributed by atoms with Gasteiger partial charge in [-0.3, -0.25) is 9.48 Å². The zero-order chi connectivity index (χ0) is 12.1. The van der Waals surface area contributed by atoms with Gasteiger partial charge in [-0.1, -0.05) is 6.92 Å². The van der Waals surface area contributed by atoms with Gasteiger partial charge in [0.1, 0.15) is 0 Å². The molecular weight excluding hydrogens is 208 g/mol. The van der Waals surface area contributed by atoms with Crippen molar-refractivity contribution < 1.29 is 14.3 Å². The molecule has 0 amide bonds. The Kier molecular flexibility index (Phi) is 4.22. The zero-order valence-corrected chi connectivity index (χ0v) is 9.77. The minimum absolute atomic E-state index is 0.0946. The third-order valence-corrected chi connectivity index (χ3v) is 2.40. The highest BCUT2D eigenvalue weighted by Crippen LogP contribution is 2.13. The SMILES string of the molecule is CCOC(=O)c1nn(C(C)CC)cc1C=O. The first kappa shape index (κ1) is 12.4. The maximum atomic E-state index is 11.5. The van der Waals surface area contributed by atoms with E-state index in [1.807, 2.05) is 13.8 Å². The summed E-state index contributed by atoms with van der Waals surface area (Å²) >= 11 is 0. The summed E-state index contributed by atoms with van der Waals surface area (Å²) in [6.07, 6.45) is 3.08. The van der Waals surface area contributed by atoms with Gasteiger partial charge in [-0.05, 0) is 20.3 Å². The van der Waals surface area contributed by atoms with Crippen LogP contribution in [0.4, 0.5) is 0 Å². The summed E-state index contributed by atoms with van der Waals surface area (Å²) in [5.41, 5.74) is 0.371. The van der Waals surface area contributed by atoms with Crippen LogP contribution in [0.25, 0.3) is 0 Å².